The fourth-order valence-corrected chi connectivity index (χ4v) is 2.84. The number of esters is 1. The second-order valence-electron chi connectivity index (χ2n) is 6.99. The minimum absolute atomic E-state index is 0.118. The Hall–Kier alpha value is -3.35. The molecular formula is C22H25N3O4. The predicted octanol–water partition coefficient (Wildman–Crippen LogP) is 4.57. The van der Waals surface area contributed by atoms with Crippen LogP contribution in [0.15, 0.2) is 30.3 Å². The van der Waals surface area contributed by atoms with E-state index in [1.807, 2.05) is 26.0 Å². The summed E-state index contributed by atoms with van der Waals surface area (Å²) in [7, 11) is 3.15. The van der Waals surface area contributed by atoms with Gasteiger partial charge in [0.05, 0.1) is 37.0 Å². The maximum Gasteiger partial charge on any atom is 0.361 e. The summed E-state index contributed by atoms with van der Waals surface area (Å²) in [6.45, 7) is 7.59. The Kier molecular flexibility index (Phi) is 5.87. The van der Waals surface area contributed by atoms with Gasteiger partial charge in [-0.2, -0.15) is 0 Å². The van der Waals surface area contributed by atoms with E-state index in [-0.39, 0.29) is 11.8 Å². The van der Waals surface area contributed by atoms with Gasteiger partial charge in [-0.1, -0.05) is 0 Å². The largest absolute Gasteiger partial charge is 0.497 e. The molecule has 0 aliphatic carbocycles. The number of rotatable bonds is 6. The minimum atomic E-state index is -0.539. The Morgan fingerprint density at radius 2 is 1.62 bits per heavy atom. The Morgan fingerprint density at radius 1 is 0.966 bits per heavy atom. The molecule has 0 amide bonds. The van der Waals surface area contributed by atoms with Crippen LogP contribution < -0.4 is 14.8 Å². The number of aromatic nitrogens is 2. The first-order valence-corrected chi connectivity index (χ1v) is 9.31. The zero-order chi connectivity index (χ0) is 21.1. The highest BCUT2D eigenvalue weighted by atomic mass is 16.5. The smallest absolute Gasteiger partial charge is 0.361 e. The van der Waals surface area contributed by atoms with Crippen LogP contribution in [0.5, 0.6) is 11.5 Å². The normalized spacial score (nSPS) is 10.9. The highest BCUT2D eigenvalue weighted by molar-refractivity contribution is 5.96. The lowest BCUT2D eigenvalue weighted by Crippen LogP contribution is -2.16. The molecule has 7 heteroatoms. The van der Waals surface area contributed by atoms with Gasteiger partial charge in [0.2, 0.25) is 0 Å². The average Bonchev–Trinajstić information content (AvgIpc) is 2.68. The third-order valence-electron chi connectivity index (χ3n) is 4.48. The molecule has 0 saturated carbocycles. The zero-order valence-electron chi connectivity index (χ0n) is 17.5. The number of fused-ring (bicyclic) bond motifs is 1. The number of hydrogen-bond acceptors (Lipinski definition) is 7. The van der Waals surface area contributed by atoms with Crippen molar-refractivity contribution in [2.45, 2.75) is 33.8 Å². The lowest BCUT2D eigenvalue weighted by Gasteiger charge is -2.16. The second-order valence-corrected chi connectivity index (χ2v) is 6.99. The van der Waals surface area contributed by atoms with E-state index in [0.717, 1.165) is 11.1 Å². The fourth-order valence-electron chi connectivity index (χ4n) is 2.84. The highest BCUT2D eigenvalue weighted by Gasteiger charge is 2.21. The summed E-state index contributed by atoms with van der Waals surface area (Å²) < 4.78 is 16.1. The van der Waals surface area contributed by atoms with E-state index >= 15 is 0 Å². The van der Waals surface area contributed by atoms with Gasteiger partial charge in [0.15, 0.2) is 11.5 Å². The summed E-state index contributed by atoms with van der Waals surface area (Å²) in [5.74, 6) is 0.967. The first-order chi connectivity index (χ1) is 13.8. The van der Waals surface area contributed by atoms with Gasteiger partial charge in [-0.25, -0.2) is 14.8 Å². The maximum absolute atomic E-state index is 12.7. The number of carbonyl (C=O) groups excluding carboxylic acids is 1. The molecule has 29 heavy (non-hydrogen) atoms. The predicted molar refractivity (Wildman–Crippen MR) is 112 cm³/mol. The number of hydrogen-bond donors (Lipinski definition) is 1. The molecule has 152 valence electrons. The van der Waals surface area contributed by atoms with E-state index in [4.69, 9.17) is 14.2 Å². The van der Waals surface area contributed by atoms with Crippen molar-refractivity contribution >= 4 is 28.5 Å². The third kappa shape index (κ3) is 4.39. The lowest BCUT2D eigenvalue weighted by molar-refractivity contribution is 0.0372. The number of nitrogens with zero attached hydrogens (tertiary/aromatic N) is 2. The molecule has 2 aromatic carbocycles. The van der Waals surface area contributed by atoms with Crippen molar-refractivity contribution in [3.63, 3.8) is 0 Å². The van der Waals surface area contributed by atoms with Gasteiger partial charge in [-0.15, -0.1) is 0 Å². The molecule has 3 aromatic rings. The van der Waals surface area contributed by atoms with Crippen molar-refractivity contribution in [1.82, 2.24) is 9.97 Å². The quantitative estimate of drug-likeness (QED) is 0.612. The van der Waals surface area contributed by atoms with Gasteiger partial charge in [-0.05, 0) is 63.1 Å². The topological polar surface area (TPSA) is 82.6 Å². The van der Waals surface area contributed by atoms with Gasteiger partial charge in [0.1, 0.15) is 11.5 Å². The van der Waals surface area contributed by atoms with Crippen molar-refractivity contribution < 1.29 is 19.0 Å². The van der Waals surface area contributed by atoms with Crippen molar-refractivity contribution in [1.29, 1.82) is 0 Å². The molecule has 0 aliphatic heterocycles. The Bertz CT molecular complexity index is 1060. The number of aryl methyl sites for hydroxylation is 2. The van der Waals surface area contributed by atoms with Gasteiger partial charge < -0.3 is 19.5 Å². The number of benzene rings is 2. The van der Waals surface area contributed by atoms with Crippen molar-refractivity contribution in [3.05, 3.63) is 47.2 Å². The molecule has 7 nitrogen and oxygen atoms in total. The van der Waals surface area contributed by atoms with Crippen molar-refractivity contribution in [3.8, 4) is 11.5 Å². The molecule has 0 spiro atoms. The molecule has 0 aliphatic rings. The van der Waals surface area contributed by atoms with Crippen LogP contribution in [-0.4, -0.2) is 36.3 Å². The summed E-state index contributed by atoms with van der Waals surface area (Å²) in [5, 5.41) is 3.17. The van der Waals surface area contributed by atoms with Crippen molar-refractivity contribution in [2.75, 3.05) is 19.5 Å². The summed E-state index contributed by atoms with van der Waals surface area (Å²) in [5.41, 5.74) is 4.24. The molecule has 0 unspecified atom stereocenters. The number of methoxy groups -OCH3 is 2. The highest BCUT2D eigenvalue weighted by Crippen LogP contribution is 2.32. The standard InChI is InChI=1S/C22H25N3O4/c1-12(2)29-22(26)20-21(24-16-8-7-15(27-5)11-19(16)28-6)25-18-10-14(4)13(3)9-17(18)23-20/h7-12H,1-6H3,(H,24,25). The molecule has 0 fully saturated rings. The Labute approximate surface area is 170 Å². The first-order valence-electron chi connectivity index (χ1n) is 9.31. The van der Waals surface area contributed by atoms with Crippen LogP contribution in [0.1, 0.15) is 35.5 Å². The van der Waals surface area contributed by atoms with Crippen LogP contribution in [0.4, 0.5) is 11.5 Å². The molecule has 1 aromatic heterocycles. The van der Waals surface area contributed by atoms with E-state index in [9.17, 15) is 4.79 Å². The van der Waals surface area contributed by atoms with Crippen LogP contribution in [0.3, 0.4) is 0 Å². The van der Waals surface area contributed by atoms with Gasteiger partial charge >= 0.3 is 5.97 Å². The lowest BCUT2D eigenvalue weighted by atomic mass is 10.1. The SMILES string of the molecule is COc1ccc(Nc2nc3cc(C)c(C)cc3nc2C(=O)OC(C)C)c(OC)c1. The molecule has 0 atom stereocenters. The van der Waals surface area contributed by atoms with Crippen LogP contribution in [0.2, 0.25) is 0 Å². The summed E-state index contributed by atoms with van der Waals surface area (Å²) >= 11 is 0. The minimum Gasteiger partial charge on any atom is -0.497 e. The Balaban J connectivity index is 2.13. The molecule has 0 bridgehead atoms. The summed E-state index contributed by atoms with van der Waals surface area (Å²) in [6.07, 6.45) is -0.275. The first kappa shape index (κ1) is 20.4. The zero-order valence-corrected chi connectivity index (χ0v) is 17.5. The Morgan fingerprint density at radius 3 is 2.21 bits per heavy atom. The van der Waals surface area contributed by atoms with Crippen LogP contribution in [-0.2, 0) is 4.74 Å². The molecule has 0 radical (unpaired) electrons. The molecule has 0 saturated heterocycles. The van der Waals surface area contributed by atoms with Gasteiger partial charge in [0.25, 0.3) is 0 Å². The maximum atomic E-state index is 12.7. The van der Waals surface area contributed by atoms with Gasteiger partial charge in [0, 0.05) is 6.07 Å². The second kappa shape index (κ2) is 8.34. The number of anilines is 2. The summed E-state index contributed by atoms with van der Waals surface area (Å²) in [4.78, 5) is 21.9. The molecule has 1 N–H and O–H groups in total. The van der Waals surface area contributed by atoms with Crippen molar-refractivity contribution in [2.24, 2.45) is 0 Å². The van der Waals surface area contributed by atoms with E-state index in [2.05, 4.69) is 15.3 Å². The van der Waals surface area contributed by atoms with Crippen LogP contribution in [0, 0.1) is 13.8 Å². The van der Waals surface area contributed by atoms with E-state index in [1.54, 1.807) is 46.3 Å². The van der Waals surface area contributed by atoms with E-state index in [0.29, 0.717) is 34.0 Å². The molecule has 1 heterocycles. The number of nitrogens with one attached hydrogen (secondary N) is 1. The van der Waals surface area contributed by atoms with Crippen LogP contribution >= 0.6 is 0 Å². The number of ether oxygens (including phenoxy) is 3. The third-order valence-corrected chi connectivity index (χ3v) is 4.48. The van der Waals surface area contributed by atoms with E-state index in [1.165, 1.54) is 0 Å². The van der Waals surface area contributed by atoms with Gasteiger partial charge in [-0.3, -0.25) is 0 Å². The molecular weight excluding hydrogens is 370 g/mol. The number of carbonyl (C=O) groups is 1. The van der Waals surface area contributed by atoms with E-state index < -0.39 is 5.97 Å². The van der Waals surface area contributed by atoms with Crippen LogP contribution in [0.25, 0.3) is 11.0 Å². The average molecular weight is 395 g/mol. The fraction of sp³-hybridized carbons (Fsp3) is 0.318. The molecule has 3 rings (SSSR count). The summed E-state index contributed by atoms with van der Waals surface area (Å²) in [6, 6.07) is 9.20. The monoisotopic (exact) mass is 395 g/mol.